The lowest BCUT2D eigenvalue weighted by Crippen LogP contribution is -2.02. The van der Waals surface area contributed by atoms with Gasteiger partial charge in [0.15, 0.2) is 0 Å². The van der Waals surface area contributed by atoms with Gasteiger partial charge in [-0.15, -0.1) is 0 Å². The molecular weight excluding hydrogens is 336 g/mol. The number of fused-ring (bicyclic) bond motifs is 1. The Bertz CT molecular complexity index is 874. The number of nitrogens with zero attached hydrogens (tertiary/aromatic N) is 2. The lowest BCUT2D eigenvalue weighted by atomic mass is 10.2. The first kappa shape index (κ1) is 14.4. The fourth-order valence-electron chi connectivity index (χ4n) is 2.15. The Morgan fingerprint density at radius 1 is 1.05 bits per heavy atom. The molecule has 2 aromatic carbocycles. The first-order valence-corrected chi connectivity index (χ1v) is 7.11. The lowest BCUT2D eigenvalue weighted by molar-refractivity contribution is 0.629. The van der Waals surface area contributed by atoms with Crippen LogP contribution < -0.4 is 5.73 Å². The molecule has 0 unspecified atom stereocenters. The Balaban J connectivity index is 2.37. The van der Waals surface area contributed by atoms with E-state index < -0.39 is 5.82 Å². The maximum Gasteiger partial charge on any atom is 0.205 e. The number of nitrogen functional groups attached to an aromatic ring is 1. The minimum atomic E-state index is -0.556. The standard InChI is InChI=1S/C14H9Cl3FN3/c1-6-2-9(17)12(4-7(6)15)21-13-5-10(18)8(16)3-11(13)20-14(21)19/h2-5H,1H3,(H2,19,20). The Kier molecular flexibility index (Phi) is 3.48. The molecule has 0 saturated carbocycles. The Morgan fingerprint density at radius 2 is 1.76 bits per heavy atom. The van der Waals surface area contributed by atoms with Gasteiger partial charge in [0.05, 0.1) is 26.8 Å². The van der Waals surface area contributed by atoms with Crippen molar-refractivity contribution in [1.29, 1.82) is 0 Å². The maximum absolute atomic E-state index is 13.7. The number of aryl methyl sites for hydroxylation is 1. The van der Waals surface area contributed by atoms with Crippen LogP contribution in [0.2, 0.25) is 15.1 Å². The second kappa shape index (κ2) is 5.05. The van der Waals surface area contributed by atoms with Gasteiger partial charge in [0.25, 0.3) is 0 Å². The molecule has 108 valence electrons. The van der Waals surface area contributed by atoms with Gasteiger partial charge in [0.1, 0.15) is 5.82 Å². The fraction of sp³-hybridized carbons (Fsp3) is 0.0714. The average molecular weight is 345 g/mol. The molecule has 0 fully saturated rings. The minimum Gasteiger partial charge on any atom is -0.369 e. The average Bonchev–Trinajstić information content (AvgIpc) is 2.70. The van der Waals surface area contributed by atoms with E-state index in [0.29, 0.717) is 26.8 Å². The largest absolute Gasteiger partial charge is 0.369 e. The number of rotatable bonds is 1. The van der Waals surface area contributed by atoms with Gasteiger partial charge in [0, 0.05) is 11.1 Å². The van der Waals surface area contributed by atoms with Crippen LogP contribution in [0.15, 0.2) is 24.3 Å². The van der Waals surface area contributed by atoms with Crippen LogP contribution in [0.1, 0.15) is 5.56 Å². The van der Waals surface area contributed by atoms with Crippen LogP contribution in [-0.4, -0.2) is 9.55 Å². The minimum absolute atomic E-state index is 0.0137. The number of anilines is 1. The van der Waals surface area contributed by atoms with Gasteiger partial charge in [-0.3, -0.25) is 4.57 Å². The second-order valence-corrected chi connectivity index (χ2v) is 5.83. The molecule has 3 rings (SSSR count). The van der Waals surface area contributed by atoms with Gasteiger partial charge in [-0.1, -0.05) is 34.8 Å². The number of imidazole rings is 1. The highest BCUT2D eigenvalue weighted by atomic mass is 35.5. The molecule has 21 heavy (non-hydrogen) atoms. The predicted octanol–water partition coefficient (Wildman–Crippen LogP) is 5.02. The topological polar surface area (TPSA) is 43.8 Å². The molecule has 0 aliphatic rings. The summed E-state index contributed by atoms with van der Waals surface area (Å²) in [5.74, 6) is -0.381. The van der Waals surface area contributed by atoms with Crippen molar-refractivity contribution in [2.75, 3.05) is 5.73 Å². The van der Waals surface area contributed by atoms with E-state index in [4.69, 9.17) is 40.5 Å². The molecule has 3 nitrogen and oxygen atoms in total. The normalized spacial score (nSPS) is 11.3. The number of hydrogen-bond donors (Lipinski definition) is 1. The summed E-state index contributed by atoms with van der Waals surface area (Å²) in [6.07, 6.45) is 0. The molecule has 0 atom stereocenters. The lowest BCUT2D eigenvalue weighted by Gasteiger charge is -2.11. The third-order valence-corrected chi connectivity index (χ3v) is 4.19. The molecule has 2 N–H and O–H groups in total. The van der Waals surface area contributed by atoms with Crippen molar-refractivity contribution in [3.63, 3.8) is 0 Å². The zero-order chi connectivity index (χ0) is 15.3. The molecule has 0 spiro atoms. The van der Waals surface area contributed by atoms with Crippen molar-refractivity contribution in [3.8, 4) is 5.69 Å². The zero-order valence-corrected chi connectivity index (χ0v) is 13.1. The molecule has 0 bridgehead atoms. The number of benzene rings is 2. The molecule has 7 heteroatoms. The smallest absolute Gasteiger partial charge is 0.205 e. The van der Waals surface area contributed by atoms with E-state index in [0.717, 1.165) is 5.56 Å². The zero-order valence-electron chi connectivity index (χ0n) is 10.8. The van der Waals surface area contributed by atoms with Crippen LogP contribution in [0, 0.1) is 12.7 Å². The molecular formula is C14H9Cl3FN3. The van der Waals surface area contributed by atoms with Gasteiger partial charge in [0.2, 0.25) is 5.95 Å². The maximum atomic E-state index is 13.7. The highest BCUT2D eigenvalue weighted by molar-refractivity contribution is 6.35. The Morgan fingerprint density at radius 3 is 2.48 bits per heavy atom. The van der Waals surface area contributed by atoms with Crippen molar-refractivity contribution >= 4 is 51.8 Å². The van der Waals surface area contributed by atoms with Gasteiger partial charge in [-0.25, -0.2) is 9.37 Å². The van der Waals surface area contributed by atoms with Crippen LogP contribution in [0.25, 0.3) is 16.7 Å². The van der Waals surface area contributed by atoms with Crippen molar-refractivity contribution in [1.82, 2.24) is 9.55 Å². The van der Waals surface area contributed by atoms with Crippen LogP contribution in [0.5, 0.6) is 0 Å². The van der Waals surface area contributed by atoms with E-state index in [1.165, 1.54) is 12.1 Å². The Hall–Kier alpha value is -1.49. The summed E-state index contributed by atoms with van der Waals surface area (Å²) >= 11 is 18.1. The highest BCUT2D eigenvalue weighted by Crippen LogP contribution is 2.33. The van der Waals surface area contributed by atoms with Crippen molar-refractivity contribution in [3.05, 3.63) is 50.7 Å². The summed E-state index contributed by atoms with van der Waals surface area (Å²) in [6, 6.07) is 6.08. The molecule has 0 aliphatic heterocycles. The molecule has 0 aliphatic carbocycles. The first-order valence-electron chi connectivity index (χ1n) is 5.97. The van der Waals surface area contributed by atoms with Gasteiger partial charge < -0.3 is 5.73 Å². The van der Waals surface area contributed by atoms with Gasteiger partial charge >= 0.3 is 0 Å². The van der Waals surface area contributed by atoms with Crippen LogP contribution in [-0.2, 0) is 0 Å². The van der Waals surface area contributed by atoms with Crippen molar-refractivity contribution < 1.29 is 4.39 Å². The van der Waals surface area contributed by atoms with Crippen molar-refractivity contribution in [2.24, 2.45) is 0 Å². The summed E-state index contributed by atoms with van der Waals surface area (Å²) in [5, 5.41) is 0.962. The number of nitrogens with two attached hydrogens (primary N) is 1. The number of hydrogen-bond acceptors (Lipinski definition) is 2. The van der Waals surface area contributed by atoms with E-state index >= 15 is 0 Å². The summed E-state index contributed by atoms with van der Waals surface area (Å²) < 4.78 is 15.3. The van der Waals surface area contributed by atoms with E-state index in [-0.39, 0.29) is 11.0 Å². The summed E-state index contributed by atoms with van der Waals surface area (Å²) in [5.41, 5.74) is 8.25. The highest BCUT2D eigenvalue weighted by Gasteiger charge is 2.16. The third-order valence-electron chi connectivity index (χ3n) is 3.19. The third kappa shape index (κ3) is 2.33. The molecule has 3 aromatic rings. The van der Waals surface area contributed by atoms with Crippen LogP contribution in [0.3, 0.4) is 0 Å². The summed E-state index contributed by atoms with van der Waals surface area (Å²) in [6.45, 7) is 1.84. The van der Waals surface area contributed by atoms with Crippen LogP contribution in [0.4, 0.5) is 10.3 Å². The van der Waals surface area contributed by atoms with Gasteiger partial charge in [-0.05, 0) is 30.7 Å². The quantitative estimate of drug-likeness (QED) is 0.674. The molecule has 0 radical (unpaired) electrons. The number of halogens is 4. The Labute approximate surface area is 135 Å². The molecule has 0 amide bonds. The summed E-state index contributed by atoms with van der Waals surface area (Å²) in [4.78, 5) is 4.17. The fourth-order valence-corrected chi connectivity index (χ4v) is 2.77. The first-order chi connectivity index (χ1) is 9.88. The van der Waals surface area contributed by atoms with E-state index in [1.54, 1.807) is 16.7 Å². The van der Waals surface area contributed by atoms with Gasteiger partial charge in [-0.2, -0.15) is 0 Å². The summed E-state index contributed by atoms with van der Waals surface area (Å²) in [7, 11) is 0. The molecule has 1 aromatic heterocycles. The van der Waals surface area contributed by atoms with Crippen molar-refractivity contribution in [2.45, 2.75) is 6.92 Å². The SMILES string of the molecule is Cc1cc(Cl)c(-n2c(N)nc3cc(Cl)c(F)cc32)cc1Cl. The van der Waals surface area contributed by atoms with E-state index in [9.17, 15) is 4.39 Å². The second-order valence-electron chi connectivity index (χ2n) is 4.61. The molecule has 1 heterocycles. The number of aromatic nitrogens is 2. The molecule has 0 saturated heterocycles. The van der Waals surface area contributed by atoms with Crippen LogP contribution >= 0.6 is 34.8 Å². The van der Waals surface area contributed by atoms with E-state index in [2.05, 4.69) is 4.98 Å². The predicted molar refractivity (Wildman–Crippen MR) is 85.2 cm³/mol. The monoisotopic (exact) mass is 343 g/mol. The van der Waals surface area contributed by atoms with E-state index in [1.807, 2.05) is 6.92 Å².